The zero-order chi connectivity index (χ0) is 38.1. The van der Waals surface area contributed by atoms with Crippen LogP contribution in [-0.4, -0.2) is 74.7 Å². The Bertz CT molecular complexity index is 1320. The van der Waals surface area contributed by atoms with Gasteiger partial charge in [0.05, 0.1) is 6.10 Å². The Kier molecular flexibility index (Phi) is 15.1. The van der Waals surface area contributed by atoms with Crippen molar-refractivity contribution in [2.24, 2.45) is 28.6 Å². The minimum Gasteiger partial charge on any atom is -0.481 e. The average Bonchev–Trinajstić information content (AvgIpc) is 3.28. The smallest absolute Gasteiger partial charge is 0.306 e. The maximum atomic E-state index is 17.4. The number of aliphatic hydroxyl groups excluding tert-OH is 1. The Hall–Kier alpha value is -3.41. The highest BCUT2D eigenvalue weighted by molar-refractivity contribution is 6.01. The van der Waals surface area contributed by atoms with Crippen LogP contribution >= 0.6 is 0 Å². The third-order valence-corrected chi connectivity index (χ3v) is 11.3. The number of hydrogen-bond donors (Lipinski definition) is 3. The van der Waals surface area contributed by atoms with Crippen LogP contribution in [0.2, 0.25) is 0 Å². The standard InChI is InChI=1S/C28H37FO7.2C5H10O2/c1-6-23(33)35-15-22(32)28(36-24(34)7-2)16(3)12-20-19-9-8-17-13-18(30)10-11-25(17,4)27(19,29)21(31)14-26(20,28)5;2*1-2-3-4-5(6)7/h10-11,13,16,19-21,31H,6-9,12,14-15H2,1-5H3;2*2-4H2,1H3,(H,6,7)/t16-,19-,20-,21-,25-,26-,27?,28-;;/m0../s1. The van der Waals surface area contributed by atoms with E-state index in [-0.39, 0.29) is 31.0 Å². The van der Waals surface area contributed by atoms with Crippen LogP contribution in [0.5, 0.6) is 0 Å². The van der Waals surface area contributed by atoms with Gasteiger partial charge in [-0.25, -0.2) is 4.39 Å². The van der Waals surface area contributed by atoms with Crippen molar-refractivity contribution in [2.75, 3.05) is 6.61 Å². The van der Waals surface area contributed by atoms with Gasteiger partial charge in [-0.3, -0.25) is 28.8 Å². The molecular formula is C38H57FO11. The summed E-state index contributed by atoms with van der Waals surface area (Å²) >= 11 is 0. The van der Waals surface area contributed by atoms with Gasteiger partial charge < -0.3 is 24.8 Å². The second-order valence-electron chi connectivity index (χ2n) is 14.4. The number of carboxylic acids is 2. The Morgan fingerprint density at radius 2 is 1.48 bits per heavy atom. The largest absolute Gasteiger partial charge is 0.481 e. The van der Waals surface area contributed by atoms with Gasteiger partial charge in [-0.05, 0) is 63.5 Å². The first-order valence-electron chi connectivity index (χ1n) is 18.0. The monoisotopic (exact) mass is 708 g/mol. The molecule has 8 atom stereocenters. The van der Waals surface area contributed by atoms with Gasteiger partial charge in [-0.15, -0.1) is 0 Å². The summed E-state index contributed by atoms with van der Waals surface area (Å²) in [6, 6.07) is 0. The summed E-state index contributed by atoms with van der Waals surface area (Å²) < 4.78 is 28.5. The molecule has 4 rings (SSSR count). The van der Waals surface area contributed by atoms with Gasteiger partial charge in [-0.1, -0.05) is 66.0 Å². The SMILES string of the molecule is CCC(=O)OCC(=O)[C@@]1(OC(=O)CC)[C@@H](C)C[C@H]2[C@@H]3CCC4=CC(=O)C=C[C@]4(C)C3(F)[C@@H](O)C[C@@]21C.CCCCC(=O)O.CCCCC(=O)O. The number of ketones is 2. The van der Waals surface area contributed by atoms with Crippen LogP contribution in [0.15, 0.2) is 23.8 Å². The van der Waals surface area contributed by atoms with E-state index in [0.29, 0.717) is 37.7 Å². The van der Waals surface area contributed by atoms with E-state index in [1.54, 1.807) is 33.8 Å². The third kappa shape index (κ3) is 8.37. The lowest BCUT2D eigenvalue weighted by molar-refractivity contribution is -0.228. The van der Waals surface area contributed by atoms with Gasteiger partial charge in [0.2, 0.25) is 5.78 Å². The van der Waals surface area contributed by atoms with E-state index in [4.69, 9.17) is 19.7 Å². The maximum Gasteiger partial charge on any atom is 0.306 e. The number of aliphatic carboxylic acids is 2. The molecule has 0 aromatic rings. The second kappa shape index (κ2) is 17.7. The molecule has 0 radical (unpaired) electrons. The van der Waals surface area contributed by atoms with Crippen molar-refractivity contribution >= 4 is 35.4 Å². The van der Waals surface area contributed by atoms with Crippen LogP contribution in [0.4, 0.5) is 4.39 Å². The number of allylic oxidation sites excluding steroid dienone is 4. The number of Topliss-reactive ketones (excluding diaryl/α,β-unsaturated/α-hetero) is 1. The van der Waals surface area contributed by atoms with E-state index in [1.165, 1.54) is 12.2 Å². The van der Waals surface area contributed by atoms with Gasteiger partial charge in [-0.2, -0.15) is 0 Å². The zero-order valence-corrected chi connectivity index (χ0v) is 30.7. The molecule has 3 saturated carbocycles. The topological polar surface area (TPSA) is 182 Å². The van der Waals surface area contributed by atoms with Crippen molar-refractivity contribution in [3.8, 4) is 0 Å². The van der Waals surface area contributed by atoms with E-state index in [0.717, 1.165) is 25.7 Å². The molecular weight excluding hydrogens is 651 g/mol. The fourth-order valence-electron chi connectivity index (χ4n) is 8.66. The number of aliphatic hydroxyl groups is 1. The number of carbonyl (C=O) groups excluding carboxylic acids is 4. The Morgan fingerprint density at radius 3 is 1.96 bits per heavy atom. The number of hydrogen-bond acceptors (Lipinski definition) is 9. The van der Waals surface area contributed by atoms with Crippen LogP contribution in [0, 0.1) is 28.6 Å². The maximum absolute atomic E-state index is 17.4. The first kappa shape index (κ1) is 42.8. The Morgan fingerprint density at radius 1 is 0.920 bits per heavy atom. The van der Waals surface area contributed by atoms with Gasteiger partial charge in [0, 0.05) is 48.3 Å². The van der Waals surface area contributed by atoms with Crippen LogP contribution in [0.3, 0.4) is 0 Å². The highest BCUT2D eigenvalue weighted by Crippen LogP contribution is 2.71. The number of rotatable bonds is 12. The number of ether oxygens (including phenoxy) is 2. The molecule has 0 heterocycles. The van der Waals surface area contributed by atoms with E-state index >= 15 is 4.39 Å². The molecule has 0 saturated heterocycles. The van der Waals surface area contributed by atoms with E-state index in [2.05, 4.69) is 0 Å². The Labute approximate surface area is 295 Å². The van der Waals surface area contributed by atoms with Crippen molar-refractivity contribution < 1.29 is 58.0 Å². The summed E-state index contributed by atoms with van der Waals surface area (Å²) in [6.07, 6.45) is 8.48. The summed E-state index contributed by atoms with van der Waals surface area (Å²) in [5.41, 5.74) is -5.26. The van der Waals surface area contributed by atoms with Crippen molar-refractivity contribution in [3.63, 3.8) is 0 Å². The van der Waals surface area contributed by atoms with E-state index < -0.39 is 76.3 Å². The van der Waals surface area contributed by atoms with Crippen LogP contribution in [0.1, 0.15) is 126 Å². The molecule has 12 heteroatoms. The third-order valence-electron chi connectivity index (χ3n) is 11.3. The number of esters is 2. The molecule has 0 aromatic heterocycles. The molecule has 11 nitrogen and oxygen atoms in total. The summed E-state index contributed by atoms with van der Waals surface area (Å²) in [5, 5.41) is 27.6. The van der Waals surface area contributed by atoms with Gasteiger partial charge in [0.15, 0.2) is 23.7 Å². The molecule has 0 spiro atoms. The average molecular weight is 709 g/mol. The predicted molar refractivity (Wildman–Crippen MR) is 183 cm³/mol. The first-order chi connectivity index (χ1) is 23.4. The highest BCUT2D eigenvalue weighted by Gasteiger charge is 2.77. The summed E-state index contributed by atoms with van der Waals surface area (Å²) in [7, 11) is 0. The zero-order valence-electron chi connectivity index (χ0n) is 30.7. The minimum absolute atomic E-state index is 0.0430. The number of fused-ring (bicyclic) bond motifs is 5. The lowest BCUT2D eigenvalue weighted by Gasteiger charge is -2.62. The number of carboxylic acid groups (broad SMARTS) is 2. The molecule has 0 aromatic carbocycles. The second-order valence-corrected chi connectivity index (χ2v) is 14.4. The molecule has 1 unspecified atom stereocenters. The lowest BCUT2D eigenvalue weighted by atomic mass is 9.44. The van der Waals surface area contributed by atoms with E-state index in [9.17, 15) is 33.9 Å². The van der Waals surface area contributed by atoms with Gasteiger partial charge in [0.1, 0.15) is 0 Å². The summed E-state index contributed by atoms with van der Waals surface area (Å²) in [6.45, 7) is 12.0. The van der Waals surface area contributed by atoms with Gasteiger partial charge in [0.25, 0.3) is 0 Å². The highest BCUT2D eigenvalue weighted by atomic mass is 19.1. The quantitative estimate of drug-likeness (QED) is 0.192. The fraction of sp³-hybridized carbons (Fsp3) is 0.737. The molecule has 0 aliphatic heterocycles. The fourth-order valence-corrected chi connectivity index (χ4v) is 8.66. The Balaban J connectivity index is 0.000000521. The summed E-state index contributed by atoms with van der Waals surface area (Å²) in [4.78, 5) is 69.8. The minimum atomic E-state index is -2.05. The van der Waals surface area contributed by atoms with Crippen molar-refractivity contribution in [1.29, 1.82) is 0 Å². The molecule has 0 bridgehead atoms. The predicted octanol–water partition coefficient (Wildman–Crippen LogP) is 6.34. The van der Waals surface area contributed by atoms with Crippen molar-refractivity contribution in [3.05, 3.63) is 23.8 Å². The first-order valence-corrected chi connectivity index (χ1v) is 18.0. The number of alkyl halides is 1. The van der Waals surface area contributed by atoms with Crippen molar-refractivity contribution in [2.45, 2.75) is 143 Å². The van der Waals surface area contributed by atoms with Crippen LogP contribution in [-0.2, 0) is 38.2 Å². The molecule has 4 aliphatic carbocycles. The number of unbranched alkanes of at least 4 members (excludes halogenated alkanes) is 2. The molecule has 0 amide bonds. The van der Waals surface area contributed by atoms with Crippen LogP contribution in [0.25, 0.3) is 0 Å². The molecule has 3 fully saturated rings. The van der Waals surface area contributed by atoms with Crippen molar-refractivity contribution in [1.82, 2.24) is 0 Å². The molecule has 3 N–H and O–H groups in total. The molecule has 282 valence electrons. The van der Waals surface area contributed by atoms with Gasteiger partial charge >= 0.3 is 23.9 Å². The number of halogens is 1. The lowest BCUT2D eigenvalue weighted by Crippen LogP contribution is -2.70. The van der Waals surface area contributed by atoms with E-state index in [1.807, 2.05) is 20.8 Å². The number of carbonyl (C=O) groups is 6. The summed E-state index contributed by atoms with van der Waals surface area (Å²) in [5.74, 6) is -4.69. The normalized spacial score (nSPS) is 33.5. The van der Waals surface area contributed by atoms with Crippen LogP contribution < -0.4 is 0 Å². The molecule has 4 aliphatic rings. The molecule has 50 heavy (non-hydrogen) atoms.